The van der Waals surface area contributed by atoms with E-state index < -0.39 is 0 Å². The molecule has 0 saturated carbocycles. The lowest BCUT2D eigenvalue weighted by molar-refractivity contribution is -0.115. The monoisotopic (exact) mass is 420 g/mol. The van der Waals surface area contributed by atoms with E-state index >= 15 is 0 Å². The summed E-state index contributed by atoms with van der Waals surface area (Å²) in [6.07, 6.45) is 0.923. The molecule has 1 fully saturated rings. The predicted molar refractivity (Wildman–Crippen MR) is 119 cm³/mol. The third kappa shape index (κ3) is 4.24. The first-order chi connectivity index (χ1) is 14.5. The summed E-state index contributed by atoms with van der Waals surface area (Å²) in [6.45, 7) is 2.07. The van der Waals surface area contributed by atoms with Crippen LogP contribution in [-0.4, -0.2) is 17.6 Å². The van der Waals surface area contributed by atoms with Crippen molar-refractivity contribution in [1.82, 2.24) is 0 Å². The fraction of sp³-hybridized carbons (Fsp3) is 0.167. The quantitative estimate of drug-likeness (QED) is 0.600. The number of aryl methyl sites for hydroxylation is 1. The van der Waals surface area contributed by atoms with Crippen molar-refractivity contribution >= 4 is 35.0 Å². The van der Waals surface area contributed by atoms with Crippen molar-refractivity contribution in [3.05, 3.63) is 95.3 Å². The Bertz CT molecular complexity index is 1070. The molecule has 0 radical (unpaired) electrons. The van der Waals surface area contributed by atoms with Gasteiger partial charge in [-0.2, -0.15) is 0 Å². The van der Waals surface area contributed by atoms with Gasteiger partial charge in [-0.1, -0.05) is 31.2 Å². The van der Waals surface area contributed by atoms with Crippen LogP contribution in [0.15, 0.2) is 72.8 Å². The Labute approximate surface area is 179 Å². The first-order valence-corrected chi connectivity index (χ1v) is 10.8. The molecule has 0 spiro atoms. The van der Waals surface area contributed by atoms with Gasteiger partial charge in [0, 0.05) is 16.9 Å². The van der Waals surface area contributed by atoms with Gasteiger partial charge in [0.25, 0.3) is 5.91 Å². The summed E-state index contributed by atoms with van der Waals surface area (Å²) in [4.78, 5) is 26.8. The average molecular weight is 421 g/mol. The van der Waals surface area contributed by atoms with E-state index in [2.05, 4.69) is 12.2 Å². The van der Waals surface area contributed by atoms with E-state index in [0.717, 1.165) is 12.0 Å². The number of carbonyl (C=O) groups excluding carboxylic acids is 2. The standard InChI is InChI=1S/C24H21FN2O2S/c1-2-16-6-8-17(9-7-16)23(29)26-20-5-3-4-18(14-20)24-27(22(28)15-30-24)21-12-10-19(25)11-13-21/h3-14,24H,2,15H2,1H3,(H,26,29)/t24-/m0/s1. The largest absolute Gasteiger partial charge is 0.322 e. The predicted octanol–water partition coefficient (Wildman–Crippen LogP) is 5.42. The van der Waals surface area contributed by atoms with Crippen molar-refractivity contribution in [3.63, 3.8) is 0 Å². The van der Waals surface area contributed by atoms with Crippen molar-refractivity contribution < 1.29 is 14.0 Å². The minimum absolute atomic E-state index is 0.0259. The Hall–Kier alpha value is -3.12. The number of rotatable bonds is 5. The highest BCUT2D eigenvalue weighted by atomic mass is 32.2. The number of nitrogens with zero attached hydrogens (tertiary/aromatic N) is 1. The summed E-state index contributed by atoms with van der Waals surface area (Å²) in [7, 11) is 0. The molecule has 0 aliphatic carbocycles. The lowest BCUT2D eigenvalue weighted by Crippen LogP contribution is -2.27. The van der Waals surface area contributed by atoms with E-state index in [4.69, 9.17) is 0 Å². The Balaban J connectivity index is 1.55. The van der Waals surface area contributed by atoms with Crippen molar-refractivity contribution in [1.29, 1.82) is 0 Å². The van der Waals surface area contributed by atoms with Gasteiger partial charge in [-0.05, 0) is 66.1 Å². The highest BCUT2D eigenvalue weighted by molar-refractivity contribution is 8.00. The maximum Gasteiger partial charge on any atom is 0.255 e. The molecule has 4 rings (SSSR count). The Morgan fingerprint density at radius 3 is 2.53 bits per heavy atom. The Morgan fingerprint density at radius 2 is 1.83 bits per heavy atom. The highest BCUT2D eigenvalue weighted by Gasteiger charge is 2.34. The van der Waals surface area contributed by atoms with Gasteiger partial charge in [0.1, 0.15) is 11.2 Å². The minimum atomic E-state index is -0.341. The number of hydrogen-bond acceptors (Lipinski definition) is 3. The third-order valence-corrected chi connectivity index (χ3v) is 6.24. The molecule has 1 aliphatic heterocycles. The number of hydrogen-bond donors (Lipinski definition) is 1. The van der Waals surface area contributed by atoms with Crippen LogP contribution in [0.4, 0.5) is 15.8 Å². The van der Waals surface area contributed by atoms with Gasteiger partial charge < -0.3 is 5.32 Å². The Morgan fingerprint density at radius 1 is 1.10 bits per heavy atom. The molecule has 3 aromatic carbocycles. The van der Waals surface area contributed by atoms with Crippen molar-refractivity contribution in [2.75, 3.05) is 16.0 Å². The highest BCUT2D eigenvalue weighted by Crippen LogP contribution is 2.42. The fourth-order valence-corrected chi connectivity index (χ4v) is 4.58. The molecule has 152 valence electrons. The molecule has 0 aromatic heterocycles. The second kappa shape index (κ2) is 8.71. The molecular weight excluding hydrogens is 399 g/mol. The van der Waals surface area contributed by atoms with Crippen LogP contribution in [0.1, 0.15) is 33.8 Å². The van der Waals surface area contributed by atoms with Gasteiger partial charge in [0.2, 0.25) is 5.91 Å². The number of benzene rings is 3. The second-order valence-corrected chi connectivity index (χ2v) is 8.10. The van der Waals surface area contributed by atoms with E-state index in [0.29, 0.717) is 22.7 Å². The minimum Gasteiger partial charge on any atom is -0.322 e. The van der Waals surface area contributed by atoms with Crippen LogP contribution in [0.2, 0.25) is 0 Å². The first-order valence-electron chi connectivity index (χ1n) is 9.74. The molecule has 2 amide bonds. The number of halogens is 1. The average Bonchev–Trinajstić information content (AvgIpc) is 3.16. The smallest absolute Gasteiger partial charge is 0.255 e. The molecule has 4 nitrogen and oxygen atoms in total. The zero-order valence-electron chi connectivity index (χ0n) is 16.5. The van der Waals surface area contributed by atoms with E-state index in [9.17, 15) is 14.0 Å². The van der Waals surface area contributed by atoms with Crippen LogP contribution in [0.25, 0.3) is 0 Å². The number of thioether (sulfide) groups is 1. The molecule has 1 aliphatic rings. The van der Waals surface area contributed by atoms with Gasteiger partial charge in [-0.15, -0.1) is 11.8 Å². The number of anilines is 2. The number of amides is 2. The van der Waals surface area contributed by atoms with E-state index in [1.54, 1.807) is 17.0 Å². The van der Waals surface area contributed by atoms with E-state index in [-0.39, 0.29) is 23.0 Å². The molecule has 1 atom stereocenters. The summed E-state index contributed by atoms with van der Waals surface area (Å²) in [5.41, 5.74) is 3.99. The lowest BCUT2D eigenvalue weighted by atomic mass is 10.1. The molecular formula is C24H21FN2O2S. The van der Waals surface area contributed by atoms with Gasteiger partial charge in [-0.25, -0.2) is 4.39 Å². The maximum atomic E-state index is 13.3. The molecule has 6 heteroatoms. The maximum absolute atomic E-state index is 13.3. The molecule has 1 N–H and O–H groups in total. The molecule has 1 saturated heterocycles. The van der Waals surface area contributed by atoms with Crippen LogP contribution < -0.4 is 10.2 Å². The van der Waals surface area contributed by atoms with Crippen LogP contribution in [-0.2, 0) is 11.2 Å². The van der Waals surface area contributed by atoms with Crippen molar-refractivity contribution in [2.24, 2.45) is 0 Å². The second-order valence-electron chi connectivity index (χ2n) is 7.03. The zero-order valence-corrected chi connectivity index (χ0v) is 17.3. The van der Waals surface area contributed by atoms with E-state index in [1.807, 2.05) is 48.5 Å². The molecule has 3 aromatic rings. The van der Waals surface area contributed by atoms with Crippen molar-refractivity contribution in [2.45, 2.75) is 18.7 Å². The SMILES string of the molecule is CCc1ccc(C(=O)Nc2cccc([C@@H]3SCC(=O)N3c3ccc(F)cc3)c2)cc1. The van der Waals surface area contributed by atoms with Crippen LogP contribution >= 0.6 is 11.8 Å². The fourth-order valence-electron chi connectivity index (χ4n) is 3.42. The summed E-state index contributed by atoms with van der Waals surface area (Å²) < 4.78 is 13.3. The zero-order chi connectivity index (χ0) is 21.1. The molecule has 1 heterocycles. The Kier molecular flexibility index (Phi) is 5.86. The number of nitrogens with one attached hydrogen (secondary N) is 1. The van der Waals surface area contributed by atoms with Gasteiger partial charge in [-0.3, -0.25) is 14.5 Å². The summed E-state index contributed by atoms with van der Waals surface area (Å²) in [5, 5.41) is 2.70. The van der Waals surface area contributed by atoms with Crippen LogP contribution in [0, 0.1) is 5.82 Å². The summed E-state index contributed by atoms with van der Waals surface area (Å²) >= 11 is 1.51. The van der Waals surface area contributed by atoms with Gasteiger partial charge in [0.15, 0.2) is 0 Å². The van der Waals surface area contributed by atoms with Crippen molar-refractivity contribution in [3.8, 4) is 0 Å². The van der Waals surface area contributed by atoms with Gasteiger partial charge in [0.05, 0.1) is 5.75 Å². The topological polar surface area (TPSA) is 49.4 Å². The molecule has 0 unspecified atom stereocenters. The van der Waals surface area contributed by atoms with Crippen LogP contribution in [0.3, 0.4) is 0 Å². The lowest BCUT2D eigenvalue weighted by Gasteiger charge is -2.24. The van der Waals surface area contributed by atoms with Gasteiger partial charge >= 0.3 is 0 Å². The number of carbonyl (C=O) groups is 2. The molecule has 0 bridgehead atoms. The molecule has 30 heavy (non-hydrogen) atoms. The third-order valence-electron chi connectivity index (χ3n) is 5.03. The first kappa shape index (κ1) is 20.2. The van der Waals surface area contributed by atoms with Crippen LogP contribution in [0.5, 0.6) is 0 Å². The van der Waals surface area contributed by atoms with E-state index in [1.165, 1.54) is 29.5 Å². The summed E-state index contributed by atoms with van der Waals surface area (Å²) in [5.74, 6) is -0.198. The normalized spacial score (nSPS) is 16.0. The summed E-state index contributed by atoms with van der Waals surface area (Å²) in [6, 6.07) is 21.0.